The lowest BCUT2D eigenvalue weighted by Crippen LogP contribution is -2.39. The van der Waals surface area contributed by atoms with Crippen molar-refractivity contribution in [1.29, 1.82) is 0 Å². The Balaban J connectivity index is 1.99. The molecule has 20 heavy (non-hydrogen) atoms. The summed E-state index contributed by atoms with van der Waals surface area (Å²) in [6.45, 7) is -0.171. The van der Waals surface area contributed by atoms with Crippen molar-refractivity contribution in [3.63, 3.8) is 0 Å². The molecule has 2 rings (SSSR count). The molecule has 0 spiro atoms. The molecule has 1 aromatic carbocycles. The van der Waals surface area contributed by atoms with Gasteiger partial charge in [0, 0.05) is 6.20 Å². The summed E-state index contributed by atoms with van der Waals surface area (Å²) in [5, 5.41) is 12.0. The molecule has 1 heterocycles. The monoisotopic (exact) mass is 274 g/mol. The van der Waals surface area contributed by atoms with Crippen LogP contribution in [0, 0.1) is 5.95 Å². The van der Waals surface area contributed by atoms with Gasteiger partial charge in [0.1, 0.15) is 0 Å². The topological polar surface area (TPSA) is 62.2 Å². The van der Waals surface area contributed by atoms with Crippen LogP contribution >= 0.6 is 0 Å². The van der Waals surface area contributed by atoms with Crippen LogP contribution in [0.2, 0.25) is 0 Å². The van der Waals surface area contributed by atoms with E-state index in [0.29, 0.717) is 6.42 Å². The van der Waals surface area contributed by atoms with Crippen LogP contribution in [0.15, 0.2) is 48.7 Å². The minimum absolute atomic E-state index is 0.171. The number of benzene rings is 1. The Morgan fingerprint density at radius 1 is 1.25 bits per heavy atom. The fourth-order valence-electron chi connectivity index (χ4n) is 1.84. The molecule has 0 aliphatic carbocycles. The van der Waals surface area contributed by atoms with E-state index in [1.54, 1.807) is 0 Å². The zero-order valence-corrected chi connectivity index (χ0v) is 10.8. The number of hydrogen-bond donors (Lipinski definition) is 2. The second-order valence-electron chi connectivity index (χ2n) is 4.41. The number of aliphatic hydroxyl groups excluding tert-OH is 1. The number of carbonyl (C=O) groups excluding carboxylic acids is 1. The van der Waals surface area contributed by atoms with Gasteiger partial charge in [-0.3, -0.25) is 4.79 Å². The van der Waals surface area contributed by atoms with Crippen molar-refractivity contribution in [2.75, 3.05) is 6.61 Å². The van der Waals surface area contributed by atoms with Crippen molar-refractivity contribution in [2.45, 2.75) is 12.5 Å². The number of carbonyl (C=O) groups is 1. The lowest BCUT2D eigenvalue weighted by atomic mass is 10.1. The first kappa shape index (κ1) is 14.1. The molecular weight excluding hydrogens is 259 g/mol. The molecule has 104 valence electrons. The first-order valence-electron chi connectivity index (χ1n) is 6.26. The number of aliphatic hydroxyl groups is 1. The van der Waals surface area contributed by atoms with Crippen molar-refractivity contribution in [3.8, 4) is 0 Å². The Bertz CT molecular complexity index is 558. The first-order chi connectivity index (χ1) is 9.69. The second-order valence-corrected chi connectivity index (χ2v) is 4.41. The largest absolute Gasteiger partial charge is 0.394 e. The molecule has 1 amide bonds. The van der Waals surface area contributed by atoms with Gasteiger partial charge in [0.25, 0.3) is 5.91 Å². The summed E-state index contributed by atoms with van der Waals surface area (Å²) in [6.07, 6.45) is 1.69. The van der Waals surface area contributed by atoms with E-state index in [4.69, 9.17) is 0 Å². The average Bonchev–Trinajstić information content (AvgIpc) is 2.48. The lowest BCUT2D eigenvalue weighted by molar-refractivity contribution is 0.0916. The van der Waals surface area contributed by atoms with Crippen LogP contribution in [0.1, 0.15) is 15.9 Å². The number of hydrogen-bond acceptors (Lipinski definition) is 3. The Morgan fingerprint density at radius 3 is 2.60 bits per heavy atom. The number of aromatic nitrogens is 1. The molecule has 0 radical (unpaired) electrons. The predicted molar refractivity (Wildman–Crippen MR) is 72.7 cm³/mol. The second kappa shape index (κ2) is 6.77. The van der Waals surface area contributed by atoms with Crippen LogP contribution in [-0.4, -0.2) is 28.6 Å². The summed E-state index contributed by atoms with van der Waals surface area (Å²) in [5.74, 6) is -1.02. The predicted octanol–water partition coefficient (Wildman–Crippen LogP) is 1.55. The normalized spacial score (nSPS) is 11.9. The minimum Gasteiger partial charge on any atom is -0.394 e. The summed E-state index contributed by atoms with van der Waals surface area (Å²) in [5.41, 5.74) is 1.28. The van der Waals surface area contributed by atoms with E-state index in [-0.39, 0.29) is 18.1 Å². The third-order valence-electron chi connectivity index (χ3n) is 2.87. The first-order valence-corrected chi connectivity index (χ1v) is 6.26. The SMILES string of the molecule is O=C(N[C@@H](CO)Cc1ccccc1)c1ccc(F)nc1. The Hall–Kier alpha value is -2.27. The average molecular weight is 274 g/mol. The van der Waals surface area contributed by atoms with E-state index in [0.717, 1.165) is 11.6 Å². The van der Waals surface area contributed by atoms with Crippen molar-refractivity contribution in [2.24, 2.45) is 0 Å². The number of amides is 1. The van der Waals surface area contributed by atoms with Gasteiger partial charge in [0.2, 0.25) is 5.95 Å². The van der Waals surface area contributed by atoms with E-state index in [1.165, 1.54) is 12.3 Å². The zero-order chi connectivity index (χ0) is 14.4. The van der Waals surface area contributed by atoms with Crippen LogP contribution in [0.5, 0.6) is 0 Å². The van der Waals surface area contributed by atoms with Gasteiger partial charge in [0.15, 0.2) is 0 Å². The fraction of sp³-hybridized carbons (Fsp3) is 0.200. The Kier molecular flexibility index (Phi) is 4.79. The van der Waals surface area contributed by atoms with Crippen molar-refractivity contribution in [1.82, 2.24) is 10.3 Å². The van der Waals surface area contributed by atoms with Gasteiger partial charge in [-0.25, -0.2) is 4.98 Å². The number of halogens is 1. The van der Waals surface area contributed by atoms with Crippen LogP contribution < -0.4 is 5.32 Å². The standard InChI is InChI=1S/C15H15FN2O2/c16-14-7-6-12(9-17-14)15(20)18-13(10-19)8-11-4-2-1-3-5-11/h1-7,9,13,19H,8,10H2,(H,18,20)/t13-/m1/s1. The van der Waals surface area contributed by atoms with Crippen LogP contribution in [0.4, 0.5) is 4.39 Å². The summed E-state index contributed by atoms with van der Waals surface area (Å²) < 4.78 is 12.7. The summed E-state index contributed by atoms with van der Waals surface area (Å²) >= 11 is 0. The van der Waals surface area contributed by atoms with Crippen LogP contribution in [0.3, 0.4) is 0 Å². The maximum atomic E-state index is 12.7. The van der Waals surface area contributed by atoms with Gasteiger partial charge >= 0.3 is 0 Å². The summed E-state index contributed by atoms with van der Waals surface area (Å²) in [7, 11) is 0. The van der Waals surface area contributed by atoms with E-state index >= 15 is 0 Å². The highest BCUT2D eigenvalue weighted by Gasteiger charge is 2.13. The number of pyridine rings is 1. The van der Waals surface area contributed by atoms with Gasteiger partial charge in [-0.05, 0) is 24.1 Å². The van der Waals surface area contributed by atoms with Gasteiger partial charge in [-0.2, -0.15) is 4.39 Å². The van der Waals surface area contributed by atoms with Crippen LogP contribution in [-0.2, 0) is 6.42 Å². The highest BCUT2D eigenvalue weighted by atomic mass is 19.1. The van der Waals surface area contributed by atoms with Crippen molar-refractivity contribution >= 4 is 5.91 Å². The molecule has 5 heteroatoms. The minimum atomic E-state index is -0.635. The van der Waals surface area contributed by atoms with Crippen molar-refractivity contribution in [3.05, 3.63) is 65.7 Å². The van der Waals surface area contributed by atoms with Crippen LogP contribution in [0.25, 0.3) is 0 Å². The molecule has 0 aliphatic rings. The van der Waals surface area contributed by atoms with Gasteiger partial charge in [-0.1, -0.05) is 30.3 Å². The van der Waals surface area contributed by atoms with Gasteiger partial charge < -0.3 is 10.4 Å². The molecule has 1 aromatic heterocycles. The van der Waals surface area contributed by atoms with Gasteiger partial charge in [-0.15, -0.1) is 0 Å². The maximum absolute atomic E-state index is 12.7. The molecule has 0 saturated heterocycles. The molecule has 0 bridgehead atoms. The number of nitrogens with one attached hydrogen (secondary N) is 1. The number of nitrogens with zero attached hydrogens (tertiary/aromatic N) is 1. The fourth-order valence-corrected chi connectivity index (χ4v) is 1.84. The molecule has 0 saturated carbocycles. The van der Waals surface area contributed by atoms with E-state index in [9.17, 15) is 14.3 Å². The maximum Gasteiger partial charge on any atom is 0.253 e. The molecule has 1 atom stereocenters. The smallest absolute Gasteiger partial charge is 0.253 e. The van der Waals surface area contributed by atoms with Crippen molar-refractivity contribution < 1.29 is 14.3 Å². The van der Waals surface area contributed by atoms with E-state index in [2.05, 4.69) is 10.3 Å². The Labute approximate surface area is 116 Å². The molecule has 0 fully saturated rings. The highest BCUT2D eigenvalue weighted by Crippen LogP contribution is 2.05. The zero-order valence-electron chi connectivity index (χ0n) is 10.8. The Morgan fingerprint density at radius 2 is 2.00 bits per heavy atom. The summed E-state index contributed by atoms with van der Waals surface area (Å²) in [6, 6.07) is 11.6. The summed E-state index contributed by atoms with van der Waals surface area (Å²) in [4.78, 5) is 15.4. The van der Waals surface area contributed by atoms with Gasteiger partial charge in [0.05, 0.1) is 18.2 Å². The van der Waals surface area contributed by atoms with E-state index < -0.39 is 12.0 Å². The third kappa shape index (κ3) is 3.86. The molecule has 0 unspecified atom stereocenters. The highest BCUT2D eigenvalue weighted by molar-refractivity contribution is 5.94. The molecule has 2 aromatic rings. The molecule has 2 N–H and O–H groups in total. The molecule has 0 aliphatic heterocycles. The molecular formula is C15H15FN2O2. The third-order valence-corrected chi connectivity index (χ3v) is 2.87. The molecule has 4 nitrogen and oxygen atoms in total. The lowest BCUT2D eigenvalue weighted by Gasteiger charge is -2.16. The number of rotatable bonds is 5. The quantitative estimate of drug-likeness (QED) is 0.813. The van der Waals surface area contributed by atoms with E-state index in [1.807, 2.05) is 30.3 Å².